The van der Waals surface area contributed by atoms with Gasteiger partial charge >= 0.3 is 12.3 Å². The van der Waals surface area contributed by atoms with Crippen molar-refractivity contribution in [1.82, 2.24) is 0 Å². The maximum Gasteiger partial charge on any atom is 0.573 e. The Balaban J connectivity index is 1.76. The summed E-state index contributed by atoms with van der Waals surface area (Å²) >= 11 is 0. The van der Waals surface area contributed by atoms with Crippen LogP contribution < -0.4 is 15.2 Å². The Morgan fingerprint density at radius 1 is 1.12 bits per heavy atom. The van der Waals surface area contributed by atoms with Crippen molar-refractivity contribution in [3.63, 3.8) is 0 Å². The molecule has 2 aromatic rings. The van der Waals surface area contributed by atoms with Gasteiger partial charge in [-0.2, -0.15) is 5.26 Å². The van der Waals surface area contributed by atoms with Crippen LogP contribution in [-0.4, -0.2) is 18.9 Å². The fourth-order valence-electron chi connectivity index (χ4n) is 3.40. The van der Waals surface area contributed by atoms with E-state index < -0.39 is 18.2 Å². The van der Waals surface area contributed by atoms with Crippen molar-refractivity contribution >= 4 is 5.97 Å². The number of ether oxygens (including phenoxy) is 4. The summed E-state index contributed by atoms with van der Waals surface area (Å²) in [5.41, 5.74) is 7.55. The van der Waals surface area contributed by atoms with Gasteiger partial charge in [-0.25, -0.2) is 4.79 Å². The molecule has 10 heteroatoms. The first-order valence-electron chi connectivity index (χ1n) is 10.2. The third-order valence-electron chi connectivity index (χ3n) is 4.88. The monoisotopic (exact) mass is 474 g/mol. The van der Waals surface area contributed by atoms with Crippen molar-refractivity contribution in [2.45, 2.75) is 32.7 Å². The van der Waals surface area contributed by atoms with Crippen molar-refractivity contribution in [3.05, 3.63) is 82.4 Å². The molecule has 1 aliphatic rings. The predicted molar refractivity (Wildman–Crippen MR) is 114 cm³/mol. The molecular weight excluding hydrogens is 453 g/mol. The molecule has 1 heterocycles. The molecule has 178 valence electrons. The number of nitriles is 1. The minimum absolute atomic E-state index is 0.0802. The summed E-state index contributed by atoms with van der Waals surface area (Å²) < 4.78 is 56.7. The number of hydrogen-bond donors (Lipinski definition) is 1. The van der Waals surface area contributed by atoms with Gasteiger partial charge in [-0.15, -0.1) is 13.2 Å². The first-order valence-corrected chi connectivity index (χ1v) is 10.2. The van der Waals surface area contributed by atoms with Crippen LogP contribution in [0.5, 0.6) is 11.5 Å². The molecular formula is C24H21F3N2O5. The molecule has 0 spiro atoms. The molecule has 2 aromatic carbocycles. The van der Waals surface area contributed by atoms with Gasteiger partial charge in [0.1, 0.15) is 35.5 Å². The quantitative estimate of drug-likeness (QED) is 0.575. The van der Waals surface area contributed by atoms with Gasteiger partial charge < -0.3 is 24.7 Å². The van der Waals surface area contributed by atoms with Crippen LogP contribution in [0.15, 0.2) is 71.3 Å². The zero-order valence-electron chi connectivity index (χ0n) is 18.3. The Bertz CT molecular complexity index is 1150. The SMILES string of the molecule is CCOC(=O)C1=C(C)OC(N)=C(C#N)C1c1ccc(COc2ccc(OC(F)(F)F)cc2)cc1. The van der Waals surface area contributed by atoms with Crippen LogP contribution in [0.2, 0.25) is 0 Å². The van der Waals surface area contributed by atoms with Gasteiger partial charge in [0, 0.05) is 0 Å². The number of hydrogen-bond acceptors (Lipinski definition) is 7. The van der Waals surface area contributed by atoms with Gasteiger partial charge in [-0.3, -0.25) is 0 Å². The second-order valence-electron chi connectivity index (χ2n) is 7.16. The van der Waals surface area contributed by atoms with Gasteiger partial charge in [0.2, 0.25) is 5.88 Å². The lowest BCUT2D eigenvalue weighted by molar-refractivity contribution is -0.274. The molecule has 0 fully saturated rings. The number of rotatable bonds is 7. The van der Waals surface area contributed by atoms with Crippen molar-refractivity contribution in [2.24, 2.45) is 5.73 Å². The Morgan fingerprint density at radius 2 is 1.74 bits per heavy atom. The Hall–Kier alpha value is -4.13. The lowest BCUT2D eigenvalue weighted by atomic mass is 9.83. The highest BCUT2D eigenvalue weighted by Gasteiger charge is 2.36. The second kappa shape index (κ2) is 10.2. The summed E-state index contributed by atoms with van der Waals surface area (Å²) in [7, 11) is 0. The van der Waals surface area contributed by atoms with E-state index in [-0.39, 0.29) is 41.8 Å². The minimum Gasteiger partial charge on any atom is -0.489 e. The lowest BCUT2D eigenvalue weighted by Gasteiger charge is -2.27. The number of benzene rings is 2. The highest BCUT2D eigenvalue weighted by Crippen LogP contribution is 2.39. The normalized spacial score (nSPS) is 15.9. The van der Waals surface area contributed by atoms with E-state index in [1.54, 1.807) is 38.1 Å². The molecule has 34 heavy (non-hydrogen) atoms. The summed E-state index contributed by atoms with van der Waals surface area (Å²) in [6.45, 7) is 3.54. The number of halogens is 3. The van der Waals surface area contributed by atoms with Crippen LogP contribution in [0.3, 0.4) is 0 Å². The molecule has 1 aliphatic heterocycles. The molecule has 1 unspecified atom stereocenters. The van der Waals surface area contributed by atoms with Crippen molar-refractivity contribution in [3.8, 4) is 17.6 Å². The average Bonchev–Trinajstić information content (AvgIpc) is 2.77. The number of carbonyl (C=O) groups excluding carboxylic acids is 1. The summed E-state index contributed by atoms with van der Waals surface area (Å²) in [5.74, 6) is -1.17. The second-order valence-corrected chi connectivity index (χ2v) is 7.16. The average molecular weight is 474 g/mol. The maximum absolute atomic E-state index is 12.6. The van der Waals surface area contributed by atoms with Gasteiger partial charge in [0.15, 0.2) is 0 Å². The van der Waals surface area contributed by atoms with Gasteiger partial charge in [0.25, 0.3) is 0 Å². The standard InChI is InChI=1S/C24H21F3N2O5/c1-3-31-23(30)20-14(2)33-22(29)19(12-28)21(20)16-6-4-15(5-7-16)13-32-17-8-10-18(11-9-17)34-24(25,26)27/h4-11,21H,3,13,29H2,1-2H3. The number of allylic oxidation sites excluding steroid dienone is 2. The summed E-state index contributed by atoms with van der Waals surface area (Å²) in [6.07, 6.45) is -4.76. The van der Waals surface area contributed by atoms with Crippen LogP contribution in [0.4, 0.5) is 13.2 Å². The molecule has 0 aliphatic carbocycles. The molecule has 7 nitrogen and oxygen atoms in total. The molecule has 0 saturated heterocycles. The van der Waals surface area contributed by atoms with Crippen LogP contribution in [0, 0.1) is 11.3 Å². The smallest absolute Gasteiger partial charge is 0.489 e. The molecule has 1 atom stereocenters. The van der Waals surface area contributed by atoms with E-state index >= 15 is 0 Å². The Labute approximate surface area is 193 Å². The molecule has 2 N–H and O–H groups in total. The molecule has 0 radical (unpaired) electrons. The Morgan fingerprint density at radius 3 is 2.29 bits per heavy atom. The van der Waals surface area contributed by atoms with Gasteiger partial charge in [-0.05, 0) is 49.2 Å². The third kappa shape index (κ3) is 5.81. The first kappa shape index (κ1) is 24.5. The summed E-state index contributed by atoms with van der Waals surface area (Å²) in [5, 5.41) is 9.62. The lowest BCUT2D eigenvalue weighted by Crippen LogP contribution is -2.25. The van der Waals surface area contributed by atoms with Crippen LogP contribution in [-0.2, 0) is 20.9 Å². The topological polar surface area (TPSA) is 104 Å². The highest BCUT2D eigenvalue weighted by molar-refractivity contribution is 5.92. The van der Waals surface area contributed by atoms with E-state index in [1.807, 2.05) is 6.07 Å². The van der Waals surface area contributed by atoms with Crippen LogP contribution in [0.1, 0.15) is 30.9 Å². The number of carbonyl (C=O) groups is 1. The van der Waals surface area contributed by atoms with Crippen molar-refractivity contribution < 1.29 is 36.9 Å². The third-order valence-corrected chi connectivity index (χ3v) is 4.88. The van der Waals surface area contributed by atoms with Crippen LogP contribution in [0.25, 0.3) is 0 Å². The first-order chi connectivity index (χ1) is 16.1. The predicted octanol–water partition coefficient (Wildman–Crippen LogP) is 4.81. The largest absolute Gasteiger partial charge is 0.573 e. The fraction of sp³-hybridized carbons (Fsp3) is 0.250. The van der Waals surface area contributed by atoms with Crippen molar-refractivity contribution in [1.29, 1.82) is 5.26 Å². The van der Waals surface area contributed by atoms with E-state index in [0.29, 0.717) is 11.3 Å². The van der Waals surface area contributed by atoms with E-state index in [2.05, 4.69) is 4.74 Å². The maximum atomic E-state index is 12.6. The minimum atomic E-state index is -4.76. The zero-order chi connectivity index (χ0) is 24.9. The van der Waals surface area contributed by atoms with E-state index in [9.17, 15) is 23.2 Å². The van der Waals surface area contributed by atoms with Gasteiger partial charge in [-0.1, -0.05) is 24.3 Å². The summed E-state index contributed by atoms with van der Waals surface area (Å²) in [6, 6.07) is 14.0. The molecule has 0 saturated carbocycles. The number of esters is 1. The summed E-state index contributed by atoms with van der Waals surface area (Å²) in [4.78, 5) is 12.6. The molecule has 0 amide bonds. The fourth-order valence-corrected chi connectivity index (χ4v) is 3.40. The van der Waals surface area contributed by atoms with Crippen molar-refractivity contribution in [2.75, 3.05) is 6.61 Å². The van der Waals surface area contributed by atoms with E-state index in [4.69, 9.17) is 19.9 Å². The number of alkyl halides is 3. The molecule has 0 bridgehead atoms. The van der Waals surface area contributed by atoms with E-state index in [1.165, 1.54) is 12.1 Å². The number of nitrogens with two attached hydrogens (primary N) is 1. The number of nitrogens with zero attached hydrogens (tertiary/aromatic N) is 1. The zero-order valence-corrected chi connectivity index (χ0v) is 18.3. The van der Waals surface area contributed by atoms with Crippen LogP contribution >= 0.6 is 0 Å². The molecule has 3 rings (SSSR count). The highest BCUT2D eigenvalue weighted by atomic mass is 19.4. The van der Waals surface area contributed by atoms with Gasteiger partial charge in [0.05, 0.1) is 18.1 Å². The molecule has 0 aromatic heterocycles. The van der Waals surface area contributed by atoms with E-state index in [0.717, 1.165) is 17.7 Å². The Kier molecular flexibility index (Phi) is 7.36.